The molecule has 0 heterocycles. The SMILES string of the molecule is NC1C2CCC(C2)C1/C=C/CCCC(=O)O. The summed E-state index contributed by atoms with van der Waals surface area (Å²) >= 11 is 0. The van der Waals surface area contributed by atoms with Crippen LogP contribution in [0.5, 0.6) is 0 Å². The number of hydrogen-bond acceptors (Lipinski definition) is 2. The second-order valence-electron chi connectivity index (χ2n) is 5.20. The van der Waals surface area contributed by atoms with Crippen LogP contribution in [0.25, 0.3) is 0 Å². The Labute approximate surface area is 96.7 Å². The van der Waals surface area contributed by atoms with E-state index in [1.54, 1.807) is 0 Å². The molecule has 16 heavy (non-hydrogen) atoms. The molecule has 2 saturated carbocycles. The Morgan fingerprint density at radius 1 is 1.38 bits per heavy atom. The van der Waals surface area contributed by atoms with Crippen LogP contribution in [-0.4, -0.2) is 17.1 Å². The molecule has 0 aromatic heterocycles. The molecule has 0 aromatic rings. The third-order valence-corrected chi connectivity index (χ3v) is 4.17. The quantitative estimate of drug-likeness (QED) is 0.554. The molecular weight excluding hydrogens is 202 g/mol. The largest absolute Gasteiger partial charge is 0.481 e. The summed E-state index contributed by atoms with van der Waals surface area (Å²) in [4.78, 5) is 10.3. The van der Waals surface area contributed by atoms with E-state index in [1.165, 1.54) is 19.3 Å². The van der Waals surface area contributed by atoms with Crippen LogP contribution in [-0.2, 0) is 4.79 Å². The normalized spacial score (nSPS) is 37.3. The molecule has 4 unspecified atom stereocenters. The van der Waals surface area contributed by atoms with Crippen molar-refractivity contribution in [3.8, 4) is 0 Å². The number of hydrogen-bond donors (Lipinski definition) is 2. The lowest BCUT2D eigenvalue weighted by Crippen LogP contribution is -2.34. The van der Waals surface area contributed by atoms with Crippen molar-refractivity contribution in [3.05, 3.63) is 12.2 Å². The molecule has 2 aliphatic carbocycles. The first-order chi connectivity index (χ1) is 7.68. The number of unbranched alkanes of at least 4 members (excludes halogenated alkanes) is 1. The molecule has 2 fully saturated rings. The molecule has 4 atom stereocenters. The summed E-state index contributed by atoms with van der Waals surface area (Å²) < 4.78 is 0. The zero-order chi connectivity index (χ0) is 11.5. The number of carbonyl (C=O) groups is 1. The lowest BCUT2D eigenvalue weighted by molar-refractivity contribution is -0.137. The van der Waals surface area contributed by atoms with Gasteiger partial charge in [-0.15, -0.1) is 0 Å². The van der Waals surface area contributed by atoms with E-state index >= 15 is 0 Å². The Hall–Kier alpha value is -0.830. The number of aliphatic carboxylic acids is 1. The van der Waals surface area contributed by atoms with Crippen molar-refractivity contribution >= 4 is 5.97 Å². The van der Waals surface area contributed by atoms with Gasteiger partial charge in [0.2, 0.25) is 0 Å². The summed E-state index contributed by atoms with van der Waals surface area (Å²) in [5.74, 6) is 1.41. The summed E-state index contributed by atoms with van der Waals surface area (Å²) in [6, 6.07) is 0.356. The van der Waals surface area contributed by atoms with Gasteiger partial charge in [-0.2, -0.15) is 0 Å². The molecule has 3 N–H and O–H groups in total. The van der Waals surface area contributed by atoms with Gasteiger partial charge in [-0.1, -0.05) is 12.2 Å². The highest BCUT2D eigenvalue weighted by Crippen LogP contribution is 2.48. The van der Waals surface area contributed by atoms with Gasteiger partial charge in [-0.25, -0.2) is 0 Å². The highest BCUT2D eigenvalue weighted by atomic mass is 16.4. The molecule has 3 nitrogen and oxygen atoms in total. The maximum atomic E-state index is 10.3. The fourth-order valence-electron chi connectivity index (χ4n) is 3.29. The van der Waals surface area contributed by atoms with Gasteiger partial charge < -0.3 is 10.8 Å². The third kappa shape index (κ3) is 2.46. The average molecular weight is 223 g/mol. The highest BCUT2D eigenvalue weighted by Gasteiger charge is 2.44. The zero-order valence-electron chi connectivity index (χ0n) is 9.64. The van der Waals surface area contributed by atoms with Crippen LogP contribution in [0.1, 0.15) is 38.5 Å². The van der Waals surface area contributed by atoms with Crippen LogP contribution >= 0.6 is 0 Å². The van der Waals surface area contributed by atoms with Crippen molar-refractivity contribution in [2.24, 2.45) is 23.5 Å². The van der Waals surface area contributed by atoms with Crippen LogP contribution in [0.3, 0.4) is 0 Å². The number of rotatable bonds is 5. The van der Waals surface area contributed by atoms with E-state index < -0.39 is 5.97 Å². The standard InChI is InChI=1S/C13H21NO2/c14-13-10-7-6-9(8-10)11(13)4-2-1-3-5-12(15)16/h2,4,9-11,13H,1,3,5-8,14H2,(H,15,16)/b4-2+. The van der Waals surface area contributed by atoms with Crippen molar-refractivity contribution in [1.82, 2.24) is 0 Å². The summed E-state index contributed by atoms with van der Waals surface area (Å²) in [5, 5.41) is 8.51. The molecule has 2 aliphatic rings. The summed E-state index contributed by atoms with van der Waals surface area (Å²) in [6.45, 7) is 0. The van der Waals surface area contributed by atoms with Crippen LogP contribution in [0.4, 0.5) is 0 Å². The van der Waals surface area contributed by atoms with E-state index in [0.29, 0.717) is 12.0 Å². The van der Waals surface area contributed by atoms with E-state index in [0.717, 1.165) is 24.7 Å². The minimum absolute atomic E-state index is 0.271. The van der Waals surface area contributed by atoms with E-state index in [1.807, 2.05) is 0 Å². The third-order valence-electron chi connectivity index (χ3n) is 4.17. The first-order valence-electron chi connectivity index (χ1n) is 6.32. The van der Waals surface area contributed by atoms with E-state index in [2.05, 4.69) is 12.2 Å². The first kappa shape index (κ1) is 11.6. The van der Waals surface area contributed by atoms with E-state index in [-0.39, 0.29) is 6.42 Å². The predicted octanol–water partition coefficient (Wildman–Crippen LogP) is 2.17. The average Bonchev–Trinajstić information content (AvgIpc) is 2.80. The zero-order valence-corrected chi connectivity index (χ0v) is 9.64. The summed E-state index contributed by atoms with van der Waals surface area (Å²) in [7, 11) is 0. The second kappa shape index (κ2) is 5.00. The molecule has 0 aromatic carbocycles. The van der Waals surface area contributed by atoms with Gasteiger partial charge >= 0.3 is 5.97 Å². The molecule has 0 saturated heterocycles. The maximum Gasteiger partial charge on any atom is 0.303 e. The number of allylic oxidation sites excluding steroid dienone is 1. The topological polar surface area (TPSA) is 63.3 Å². The van der Waals surface area contributed by atoms with Gasteiger partial charge in [-0.3, -0.25) is 4.79 Å². The van der Waals surface area contributed by atoms with Gasteiger partial charge in [-0.05, 0) is 49.9 Å². The van der Waals surface area contributed by atoms with Gasteiger partial charge in [0.25, 0.3) is 0 Å². The maximum absolute atomic E-state index is 10.3. The number of fused-ring (bicyclic) bond motifs is 2. The number of nitrogens with two attached hydrogens (primary N) is 1. The van der Waals surface area contributed by atoms with Crippen molar-refractivity contribution in [3.63, 3.8) is 0 Å². The van der Waals surface area contributed by atoms with Crippen LogP contribution in [0.2, 0.25) is 0 Å². The van der Waals surface area contributed by atoms with Gasteiger partial charge in [0, 0.05) is 12.5 Å². The molecule has 2 bridgehead atoms. The van der Waals surface area contributed by atoms with Crippen molar-refractivity contribution in [1.29, 1.82) is 0 Å². The Bertz CT molecular complexity index is 286. The summed E-state index contributed by atoms with van der Waals surface area (Å²) in [5.41, 5.74) is 6.18. The Morgan fingerprint density at radius 3 is 2.75 bits per heavy atom. The first-order valence-corrected chi connectivity index (χ1v) is 6.32. The molecule has 90 valence electrons. The molecule has 0 amide bonds. The Morgan fingerprint density at radius 2 is 2.12 bits per heavy atom. The Balaban J connectivity index is 1.73. The monoisotopic (exact) mass is 223 g/mol. The van der Waals surface area contributed by atoms with Crippen LogP contribution in [0, 0.1) is 17.8 Å². The minimum atomic E-state index is -0.704. The fraction of sp³-hybridized carbons (Fsp3) is 0.769. The number of carboxylic acid groups (broad SMARTS) is 1. The van der Waals surface area contributed by atoms with Crippen LogP contribution < -0.4 is 5.73 Å². The minimum Gasteiger partial charge on any atom is -0.481 e. The van der Waals surface area contributed by atoms with Gasteiger partial charge in [0.15, 0.2) is 0 Å². The van der Waals surface area contributed by atoms with Crippen molar-refractivity contribution in [2.45, 2.75) is 44.6 Å². The molecule has 3 heteroatoms. The molecule has 0 spiro atoms. The second-order valence-corrected chi connectivity index (χ2v) is 5.20. The molecule has 0 aliphatic heterocycles. The van der Waals surface area contributed by atoms with E-state index in [4.69, 9.17) is 10.8 Å². The molecule has 0 radical (unpaired) electrons. The predicted molar refractivity (Wildman–Crippen MR) is 62.9 cm³/mol. The highest BCUT2D eigenvalue weighted by molar-refractivity contribution is 5.66. The number of carboxylic acids is 1. The van der Waals surface area contributed by atoms with Crippen LogP contribution in [0.15, 0.2) is 12.2 Å². The van der Waals surface area contributed by atoms with Gasteiger partial charge in [0.1, 0.15) is 0 Å². The van der Waals surface area contributed by atoms with Gasteiger partial charge in [0.05, 0.1) is 0 Å². The van der Waals surface area contributed by atoms with E-state index in [9.17, 15) is 4.79 Å². The van der Waals surface area contributed by atoms with Crippen molar-refractivity contribution in [2.75, 3.05) is 0 Å². The Kier molecular flexibility index (Phi) is 3.64. The lowest BCUT2D eigenvalue weighted by atomic mass is 9.84. The molecular formula is C13H21NO2. The van der Waals surface area contributed by atoms with Crippen molar-refractivity contribution < 1.29 is 9.90 Å². The lowest BCUT2D eigenvalue weighted by Gasteiger charge is -2.25. The smallest absolute Gasteiger partial charge is 0.303 e. The fourth-order valence-corrected chi connectivity index (χ4v) is 3.29. The molecule has 2 rings (SSSR count). The summed E-state index contributed by atoms with van der Waals surface area (Å²) in [6.07, 6.45) is 10.2.